The zero-order chi connectivity index (χ0) is 20.0. The second kappa shape index (κ2) is 7.68. The fourth-order valence-corrected chi connectivity index (χ4v) is 5.27. The molecule has 1 amide bonds. The molecular weight excluding hydrogens is 410 g/mol. The van der Waals surface area contributed by atoms with Crippen molar-refractivity contribution >= 4 is 22.0 Å². The molecule has 1 aliphatic heterocycles. The molecule has 0 aromatic carbocycles. The molecule has 0 aromatic rings. The summed E-state index contributed by atoms with van der Waals surface area (Å²) in [4.78, 5) is 12.2. The Hall–Kier alpha value is -0.590. The van der Waals surface area contributed by atoms with Crippen molar-refractivity contribution in [2.75, 3.05) is 0 Å². The number of carbonyl (C=O) groups is 1. The number of hydrogen-bond acceptors (Lipinski definition) is 4. The van der Waals surface area contributed by atoms with E-state index in [9.17, 15) is 4.79 Å². The average molecular weight is 444 g/mol. The van der Waals surface area contributed by atoms with Crippen LogP contribution < -0.4 is 5.32 Å². The summed E-state index contributed by atoms with van der Waals surface area (Å²) in [5, 5.41) is 2.96. The van der Waals surface area contributed by atoms with Crippen LogP contribution in [-0.4, -0.2) is 35.7 Å². The molecule has 2 fully saturated rings. The van der Waals surface area contributed by atoms with E-state index in [0.717, 1.165) is 17.3 Å². The van der Waals surface area contributed by atoms with Crippen LogP contribution in [-0.2, 0) is 14.2 Å². The van der Waals surface area contributed by atoms with E-state index in [-0.39, 0.29) is 18.2 Å². The summed E-state index contributed by atoms with van der Waals surface area (Å²) in [5.74, 6) is 1.03. The van der Waals surface area contributed by atoms with Crippen molar-refractivity contribution < 1.29 is 19.0 Å². The van der Waals surface area contributed by atoms with Gasteiger partial charge in [-0.2, -0.15) is 0 Å². The molecule has 0 bridgehead atoms. The van der Waals surface area contributed by atoms with Gasteiger partial charge in [0.05, 0.1) is 12.1 Å². The van der Waals surface area contributed by atoms with Gasteiger partial charge < -0.3 is 19.5 Å². The number of halogens is 1. The molecular formula is C21H34BrNO4. The summed E-state index contributed by atoms with van der Waals surface area (Å²) in [6.45, 7) is 12.4. The molecule has 1 saturated heterocycles. The number of alkyl carbamates (subject to hydrolysis) is 1. The Morgan fingerprint density at radius 2 is 2.04 bits per heavy atom. The van der Waals surface area contributed by atoms with E-state index < -0.39 is 17.5 Å². The summed E-state index contributed by atoms with van der Waals surface area (Å²) < 4.78 is 19.5. The molecule has 0 radical (unpaired) electrons. The Kier molecular flexibility index (Phi) is 6.01. The van der Waals surface area contributed by atoms with Gasteiger partial charge in [0.15, 0.2) is 5.79 Å². The highest BCUT2D eigenvalue weighted by molar-refractivity contribution is 9.11. The Morgan fingerprint density at radius 1 is 1.33 bits per heavy atom. The molecule has 1 heterocycles. The van der Waals surface area contributed by atoms with Gasteiger partial charge >= 0.3 is 6.09 Å². The van der Waals surface area contributed by atoms with Crippen LogP contribution in [0, 0.1) is 17.8 Å². The summed E-state index contributed by atoms with van der Waals surface area (Å²) in [6.07, 6.45) is 5.54. The monoisotopic (exact) mass is 443 g/mol. The Balaban J connectivity index is 1.71. The molecule has 0 unspecified atom stereocenters. The fraction of sp³-hybridized carbons (Fsp3) is 0.857. The lowest BCUT2D eigenvalue weighted by atomic mass is 9.73. The molecule has 5 nitrogen and oxygen atoms in total. The van der Waals surface area contributed by atoms with Crippen molar-refractivity contribution in [2.45, 2.75) is 96.9 Å². The van der Waals surface area contributed by atoms with Gasteiger partial charge in [0.1, 0.15) is 11.7 Å². The first-order valence-electron chi connectivity index (χ1n) is 10.2. The SMILES string of the molecule is CC(C)[C@@H]1CC[C@@H](C)C[C@@]12O[C@H]1C=C(Br)[C@@H](NC(=O)OC(C)(C)C)C[C@H]1O2. The minimum Gasteiger partial charge on any atom is -0.444 e. The first-order chi connectivity index (χ1) is 12.5. The lowest BCUT2D eigenvalue weighted by molar-refractivity contribution is -0.242. The normalized spacial score (nSPS) is 39.3. The van der Waals surface area contributed by atoms with E-state index in [1.807, 2.05) is 20.8 Å². The summed E-state index contributed by atoms with van der Waals surface area (Å²) in [5.41, 5.74) is -0.517. The van der Waals surface area contributed by atoms with Gasteiger partial charge in [0.2, 0.25) is 0 Å². The highest BCUT2D eigenvalue weighted by Gasteiger charge is 2.56. The largest absolute Gasteiger partial charge is 0.444 e. The first kappa shape index (κ1) is 21.1. The first-order valence-corrected chi connectivity index (χ1v) is 11.0. The predicted octanol–water partition coefficient (Wildman–Crippen LogP) is 5.13. The van der Waals surface area contributed by atoms with Crippen molar-refractivity contribution in [2.24, 2.45) is 17.8 Å². The topological polar surface area (TPSA) is 56.8 Å². The van der Waals surface area contributed by atoms with E-state index >= 15 is 0 Å². The van der Waals surface area contributed by atoms with Crippen LogP contribution in [0.2, 0.25) is 0 Å². The molecule has 6 heteroatoms. The third-order valence-corrected chi connectivity index (χ3v) is 6.66. The molecule has 154 valence electrons. The second-order valence-corrected chi connectivity index (χ2v) is 10.7. The average Bonchev–Trinajstić information content (AvgIpc) is 2.81. The lowest BCUT2D eigenvalue weighted by Gasteiger charge is -2.44. The van der Waals surface area contributed by atoms with Crippen molar-refractivity contribution in [3.8, 4) is 0 Å². The van der Waals surface area contributed by atoms with Crippen molar-refractivity contribution in [1.29, 1.82) is 0 Å². The van der Waals surface area contributed by atoms with Gasteiger partial charge in [-0.05, 0) is 45.1 Å². The third kappa shape index (κ3) is 4.70. The number of carbonyl (C=O) groups excluding carboxylic acids is 1. The number of amides is 1. The maximum absolute atomic E-state index is 12.2. The molecule has 3 rings (SSSR count). The number of ether oxygens (including phenoxy) is 3. The van der Waals surface area contributed by atoms with E-state index in [4.69, 9.17) is 14.2 Å². The molecule has 1 spiro atoms. The van der Waals surface area contributed by atoms with Gasteiger partial charge in [0.25, 0.3) is 0 Å². The van der Waals surface area contributed by atoms with Crippen LogP contribution >= 0.6 is 15.9 Å². The molecule has 1 N–H and O–H groups in total. The molecule has 1 saturated carbocycles. The maximum Gasteiger partial charge on any atom is 0.408 e. The fourth-order valence-electron chi connectivity index (χ4n) is 4.71. The van der Waals surface area contributed by atoms with E-state index in [0.29, 0.717) is 24.2 Å². The minimum atomic E-state index is -0.517. The van der Waals surface area contributed by atoms with Gasteiger partial charge in [-0.1, -0.05) is 43.1 Å². The highest BCUT2D eigenvalue weighted by atomic mass is 79.9. The van der Waals surface area contributed by atoms with Crippen LogP contribution in [0.15, 0.2) is 10.6 Å². The highest BCUT2D eigenvalue weighted by Crippen LogP contribution is 2.51. The molecule has 0 aromatic heterocycles. The van der Waals surface area contributed by atoms with Crippen LogP contribution in [0.3, 0.4) is 0 Å². The van der Waals surface area contributed by atoms with Gasteiger partial charge in [0, 0.05) is 23.2 Å². The molecule has 6 atom stereocenters. The smallest absolute Gasteiger partial charge is 0.408 e. The number of fused-ring (bicyclic) bond motifs is 1. The maximum atomic E-state index is 12.2. The lowest BCUT2D eigenvalue weighted by Crippen LogP contribution is -2.47. The van der Waals surface area contributed by atoms with Crippen LogP contribution in [0.1, 0.15) is 67.2 Å². The van der Waals surface area contributed by atoms with Crippen LogP contribution in [0.4, 0.5) is 4.79 Å². The molecule has 3 aliphatic rings. The minimum absolute atomic E-state index is 0.0437. The molecule has 27 heavy (non-hydrogen) atoms. The summed E-state index contributed by atoms with van der Waals surface area (Å²) >= 11 is 3.62. The quantitative estimate of drug-likeness (QED) is 0.641. The van der Waals surface area contributed by atoms with Crippen LogP contribution in [0.5, 0.6) is 0 Å². The van der Waals surface area contributed by atoms with Crippen molar-refractivity contribution in [3.05, 3.63) is 10.6 Å². The Labute approximate surface area is 171 Å². The van der Waals surface area contributed by atoms with Crippen LogP contribution in [0.25, 0.3) is 0 Å². The van der Waals surface area contributed by atoms with Gasteiger partial charge in [-0.25, -0.2) is 4.79 Å². The Morgan fingerprint density at radius 3 is 2.67 bits per heavy atom. The van der Waals surface area contributed by atoms with Gasteiger partial charge in [-0.15, -0.1) is 0 Å². The number of nitrogens with one attached hydrogen (secondary N) is 1. The number of rotatable bonds is 2. The molecule has 2 aliphatic carbocycles. The van der Waals surface area contributed by atoms with E-state index in [1.165, 1.54) is 6.42 Å². The standard InChI is InChI=1S/C21H34BrNO4/c1-12(2)14-8-7-13(3)11-21(14)25-17-9-15(22)16(10-18(17)26-21)23-19(24)27-20(4,5)6/h9,12-14,16-18H,7-8,10-11H2,1-6H3,(H,23,24)/t13-,14+,16+,17+,18-,21+/m1/s1. The Bertz CT molecular complexity index is 599. The zero-order valence-electron chi connectivity index (χ0n) is 17.4. The third-order valence-electron chi connectivity index (χ3n) is 5.84. The van der Waals surface area contributed by atoms with Gasteiger partial charge in [-0.3, -0.25) is 0 Å². The predicted molar refractivity (Wildman–Crippen MR) is 109 cm³/mol. The summed E-state index contributed by atoms with van der Waals surface area (Å²) in [7, 11) is 0. The van der Waals surface area contributed by atoms with Crippen molar-refractivity contribution in [3.63, 3.8) is 0 Å². The van der Waals surface area contributed by atoms with Crippen molar-refractivity contribution in [1.82, 2.24) is 5.32 Å². The second-order valence-electron chi connectivity index (χ2n) is 9.77. The zero-order valence-corrected chi connectivity index (χ0v) is 19.0. The summed E-state index contributed by atoms with van der Waals surface area (Å²) in [6, 6.07) is -0.154. The van der Waals surface area contributed by atoms with E-state index in [1.54, 1.807) is 0 Å². The number of hydrogen-bond donors (Lipinski definition) is 1. The van der Waals surface area contributed by atoms with E-state index in [2.05, 4.69) is 48.1 Å².